The van der Waals surface area contributed by atoms with Gasteiger partial charge in [0.2, 0.25) is 0 Å². The average molecular weight is 687 g/mol. The largest absolute Gasteiger partial charge is 0.309 e. The van der Waals surface area contributed by atoms with Crippen molar-refractivity contribution >= 4 is 54.4 Å². The predicted molar refractivity (Wildman–Crippen MR) is 229 cm³/mol. The fourth-order valence-corrected chi connectivity index (χ4v) is 8.66. The molecule has 9 aromatic carbocycles. The zero-order valence-corrected chi connectivity index (χ0v) is 29.5. The molecule has 0 bridgehead atoms. The molecule has 2 heterocycles. The third-order valence-corrected chi connectivity index (χ3v) is 11.1. The van der Waals surface area contributed by atoms with Gasteiger partial charge in [0, 0.05) is 32.9 Å². The van der Waals surface area contributed by atoms with Crippen molar-refractivity contribution in [2.24, 2.45) is 0 Å². The van der Waals surface area contributed by atoms with Gasteiger partial charge in [0.15, 0.2) is 0 Å². The molecule has 0 unspecified atom stereocenters. The molecule has 0 fully saturated rings. The van der Waals surface area contributed by atoms with Crippen molar-refractivity contribution < 1.29 is 0 Å². The van der Waals surface area contributed by atoms with Crippen LogP contribution in [0.2, 0.25) is 0 Å². The summed E-state index contributed by atoms with van der Waals surface area (Å²) in [5.74, 6) is 0. The van der Waals surface area contributed by atoms with E-state index in [1.54, 1.807) is 0 Å². The number of rotatable bonds is 5. The number of fused-ring (bicyclic) bond motifs is 7. The third kappa shape index (κ3) is 4.74. The SMILES string of the molecule is c1ccc(-c2cccc3c2c2cc(-c4ccc5c(c4)c4ccccc4n5-c4ccc(-c5cccc6ccccc56)cc4)ccc2n3-c2ccccc2)cc1. The molecule has 0 aliphatic heterocycles. The van der Waals surface area contributed by atoms with Crippen LogP contribution in [-0.4, -0.2) is 9.13 Å². The molecule has 0 amide bonds. The molecule has 54 heavy (non-hydrogen) atoms. The van der Waals surface area contributed by atoms with Gasteiger partial charge < -0.3 is 9.13 Å². The van der Waals surface area contributed by atoms with Crippen LogP contribution in [0.3, 0.4) is 0 Å². The summed E-state index contributed by atoms with van der Waals surface area (Å²) in [6, 6.07) is 75.1. The quantitative estimate of drug-likeness (QED) is 0.171. The van der Waals surface area contributed by atoms with Crippen molar-refractivity contribution in [3.8, 4) is 44.8 Å². The fraction of sp³-hybridized carbons (Fsp3) is 0. The van der Waals surface area contributed by atoms with E-state index in [0.29, 0.717) is 0 Å². The first-order valence-corrected chi connectivity index (χ1v) is 18.6. The molecule has 0 saturated heterocycles. The first kappa shape index (κ1) is 30.5. The second-order valence-electron chi connectivity index (χ2n) is 14.1. The molecular weight excluding hydrogens is 653 g/mol. The molecule has 11 aromatic rings. The lowest BCUT2D eigenvalue weighted by molar-refractivity contribution is 1.18. The van der Waals surface area contributed by atoms with Crippen LogP contribution in [0.1, 0.15) is 0 Å². The van der Waals surface area contributed by atoms with E-state index in [0.717, 1.165) is 11.4 Å². The van der Waals surface area contributed by atoms with Gasteiger partial charge in [-0.05, 0) is 105 Å². The van der Waals surface area contributed by atoms with E-state index in [9.17, 15) is 0 Å². The fourth-order valence-electron chi connectivity index (χ4n) is 8.66. The summed E-state index contributed by atoms with van der Waals surface area (Å²) in [6.07, 6.45) is 0. The second kappa shape index (κ2) is 12.2. The van der Waals surface area contributed by atoms with Gasteiger partial charge in [0.05, 0.1) is 22.1 Å². The van der Waals surface area contributed by atoms with Gasteiger partial charge in [-0.2, -0.15) is 0 Å². The first-order valence-electron chi connectivity index (χ1n) is 18.6. The molecule has 11 rings (SSSR count). The smallest absolute Gasteiger partial charge is 0.0547 e. The topological polar surface area (TPSA) is 9.86 Å². The molecule has 0 N–H and O–H groups in total. The molecule has 0 radical (unpaired) electrons. The second-order valence-corrected chi connectivity index (χ2v) is 14.1. The highest BCUT2D eigenvalue weighted by molar-refractivity contribution is 6.17. The number of benzene rings is 9. The van der Waals surface area contributed by atoms with Crippen molar-refractivity contribution in [2.75, 3.05) is 0 Å². The number of hydrogen-bond donors (Lipinski definition) is 0. The number of para-hydroxylation sites is 2. The summed E-state index contributed by atoms with van der Waals surface area (Å²) in [6.45, 7) is 0. The van der Waals surface area contributed by atoms with E-state index in [-0.39, 0.29) is 0 Å². The van der Waals surface area contributed by atoms with E-state index in [1.807, 2.05) is 0 Å². The average Bonchev–Trinajstić information content (AvgIpc) is 3.76. The Morgan fingerprint density at radius 3 is 1.56 bits per heavy atom. The molecule has 2 heteroatoms. The van der Waals surface area contributed by atoms with E-state index in [2.05, 4.69) is 215 Å². The monoisotopic (exact) mass is 686 g/mol. The lowest BCUT2D eigenvalue weighted by Crippen LogP contribution is -1.94. The summed E-state index contributed by atoms with van der Waals surface area (Å²) >= 11 is 0. The van der Waals surface area contributed by atoms with Crippen LogP contribution >= 0.6 is 0 Å². The minimum Gasteiger partial charge on any atom is -0.309 e. The molecule has 0 aliphatic rings. The van der Waals surface area contributed by atoms with Gasteiger partial charge >= 0.3 is 0 Å². The Morgan fingerprint density at radius 2 is 0.759 bits per heavy atom. The van der Waals surface area contributed by atoms with Gasteiger partial charge in [0.25, 0.3) is 0 Å². The van der Waals surface area contributed by atoms with Crippen molar-refractivity contribution in [3.05, 3.63) is 206 Å². The molecule has 0 saturated carbocycles. The Kier molecular flexibility index (Phi) is 6.90. The third-order valence-electron chi connectivity index (χ3n) is 11.1. The molecule has 252 valence electrons. The molecule has 0 aliphatic carbocycles. The maximum absolute atomic E-state index is 2.41. The van der Waals surface area contributed by atoms with Gasteiger partial charge in [-0.1, -0.05) is 146 Å². The van der Waals surface area contributed by atoms with Crippen LogP contribution in [0.15, 0.2) is 206 Å². The predicted octanol–water partition coefficient (Wildman–Crippen LogP) is 14.0. The lowest BCUT2D eigenvalue weighted by atomic mass is 9.97. The minimum atomic E-state index is 1.15. The van der Waals surface area contributed by atoms with Gasteiger partial charge in [-0.3, -0.25) is 0 Å². The number of aromatic nitrogens is 2. The van der Waals surface area contributed by atoms with Crippen molar-refractivity contribution in [1.29, 1.82) is 0 Å². The summed E-state index contributed by atoms with van der Waals surface area (Å²) in [7, 11) is 0. The molecular formula is C52H34N2. The maximum Gasteiger partial charge on any atom is 0.0547 e. The maximum atomic E-state index is 2.41. The molecule has 2 aromatic heterocycles. The summed E-state index contributed by atoms with van der Waals surface area (Å²) in [4.78, 5) is 0. The van der Waals surface area contributed by atoms with Crippen LogP contribution in [0.4, 0.5) is 0 Å². The Morgan fingerprint density at radius 1 is 0.259 bits per heavy atom. The summed E-state index contributed by atoms with van der Waals surface area (Å²) in [5.41, 5.74) is 14.5. The highest BCUT2D eigenvalue weighted by Gasteiger charge is 2.18. The van der Waals surface area contributed by atoms with E-state index in [1.165, 1.54) is 87.8 Å². The molecule has 0 spiro atoms. The van der Waals surface area contributed by atoms with Crippen molar-refractivity contribution in [1.82, 2.24) is 9.13 Å². The van der Waals surface area contributed by atoms with Crippen LogP contribution in [-0.2, 0) is 0 Å². The highest BCUT2D eigenvalue weighted by Crippen LogP contribution is 2.41. The number of nitrogens with zero attached hydrogens (tertiary/aromatic N) is 2. The van der Waals surface area contributed by atoms with Gasteiger partial charge in [-0.15, -0.1) is 0 Å². The van der Waals surface area contributed by atoms with Crippen LogP contribution < -0.4 is 0 Å². The Bertz CT molecular complexity index is 3180. The Hall–Kier alpha value is -7.16. The van der Waals surface area contributed by atoms with E-state index in [4.69, 9.17) is 0 Å². The van der Waals surface area contributed by atoms with E-state index >= 15 is 0 Å². The zero-order chi connectivity index (χ0) is 35.6. The van der Waals surface area contributed by atoms with Crippen LogP contribution in [0.25, 0.3) is 99.1 Å². The standard InChI is InChI=1S/C52H34N2/c1-3-13-36(14-4-1)44-22-12-24-51-52(44)47-34-39(28-32-50(47)54(51)40-17-5-2-6-18-40)38-27-31-49-46(33-38)45-20-9-10-23-48(45)53(49)41-29-25-37(26-30-41)43-21-11-16-35-15-7-8-19-42(35)43/h1-34H. The van der Waals surface area contributed by atoms with E-state index < -0.39 is 0 Å². The highest BCUT2D eigenvalue weighted by atomic mass is 15.0. The van der Waals surface area contributed by atoms with Crippen LogP contribution in [0.5, 0.6) is 0 Å². The van der Waals surface area contributed by atoms with Crippen LogP contribution in [0, 0.1) is 0 Å². The lowest BCUT2D eigenvalue weighted by Gasteiger charge is -2.11. The molecule has 0 atom stereocenters. The molecule has 2 nitrogen and oxygen atoms in total. The number of hydrogen-bond acceptors (Lipinski definition) is 0. The summed E-state index contributed by atoms with van der Waals surface area (Å²) in [5, 5.41) is 7.55. The minimum absolute atomic E-state index is 1.15. The van der Waals surface area contributed by atoms with Gasteiger partial charge in [0.1, 0.15) is 0 Å². The summed E-state index contributed by atoms with van der Waals surface area (Å²) < 4.78 is 4.81. The van der Waals surface area contributed by atoms with Crippen molar-refractivity contribution in [3.63, 3.8) is 0 Å². The Labute approximate surface area is 313 Å². The normalized spacial score (nSPS) is 11.7. The zero-order valence-electron chi connectivity index (χ0n) is 29.5. The Balaban J connectivity index is 1.07. The first-order chi connectivity index (χ1) is 26.8. The van der Waals surface area contributed by atoms with Crippen molar-refractivity contribution in [2.45, 2.75) is 0 Å². The van der Waals surface area contributed by atoms with Gasteiger partial charge in [-0.25, -0.2) is 0 Å².